The maximum Gasteiger partial charge on any atom is 0.331 e. The largest absolute Gasteiger partial charge is 0.494 e. The molecule has 1 saturated carbocycles. The second-order valence-electron chi connectivity index (χ2n) is 9.25. The Morgan fingerprint density at radius 1 is 1.00 bits per heavy atom. The Balaban J connectivity index is 1.63. The normalized spacial score (nSPS) is 19.2. The number of carbonyl (C=O) groups excluding carboxylic acids is 2. The van der Waals surface area contributed by atoms with Gasteiger partial charge >= 0.3 is 5.97 Å². The number of unbranched alkanes of at least 4 members (excludes halogenated alkanes) is 5. The summed E-state index contributed by atoms with van der Waals surface area (Å²) in [5, 5.41) is 3.12. The van der Waals surface area contributed by atoms with E-state index in [0.717, 1.165) is 56.4 Å². The van der Waals surface area contributed by atoms with Gasteiger partial charge in [0.15, 0.2) is 0 Å². The second kappa shape index (κ2) is 15.5. The van der Waals surface area contributed by atoms with Gasteiger partial charge in [0, 0.05) is 18.0 Å². The van der Waals surface area contributed by atoms with E-state index in [0.29, 0.717) is 0 Å². The van der Waals surface area contributed by atoms with E-state index >= 15 is 0 Å². The minimum absolute atomic E-state index is 0.0478. The second-order valence-corrected chi connectivity index (χ2v) is 9.25. The number of hydrogen-bond acceptors (Lipinski definition) is 4. The molecule has 0 aromatic heterocycles. The summed E-state index contributed by atoms with van der Waals surface area (Å²) in [7, 11) is 0. The van der Waals surface area contributed by atoms with E-state index in [1.165, 1.54) is 38.2 Å². The Labute approximate surface area is 200 Å². The van der Waals surface area contributed by atoms with Crippen LogP contribution in [0.2, 0.25) is 0 Å². The molecule has 0 bridgehead atoms. The van der Waals surface area contributed by atoms with E-state index < -0.39 is 0 Å². The van der Waals surface area contributed by atoms with E-state index in [2.05, 4.69) is 12.2 Å². The molecule has 0 heterocycles. The number of benzene rings is 1. The van der Waals surface area contributed by atoms with Gasteiger partial charge in [-0.25, -0.2) is 4.79 Å². The number of ether oxygens (including phenoxy) is 2. The molecular formula is C28H43NO4. The standard InChI is InChI=1S/C28H43NO4/c1-4-6-7-8-9-10-21-32-25-16-11-23(12-17-25)13-20-27(30)33-26-18-14-24(15-19-26)29-28(31)22(3)5-2/h11-13,16-17,20,22,24,26H,4-10,14-15,18-19,21H2,1-3H3,(H,29,31)/b20-13+/t22?,24-,26-. The van der Waals surface area contributed by atoms with Crippen LogP contribution in [0.4, 0.5) is 0 Å². The third-order valence-corrected chi connectivity index (χ3v) is 6.42. The molecule has 0 spiro atoms. The third-order valence-electron chi connectivity index (χ3n) is 6.42. The van der Waals surface area contributed by atoms with Crippen LogP contribution in [-0.2, 0) is 14.3 Å². The van der Waals surface area contributed by atoms with Crippen molar-refractivity contribution in [2.75, 3.05) is 6.61 Å². The first-order valence-electron chi connectivity index (χ1n) is 12.9. The zero-order chi connectivity index (χ0) is 23.9. The Morgan fingerprint density at radius 2 is 1.67 bits per heavy atom. The first-order chi connectivity index (χ1) is 16.0. The van der Waals surface area contributed by atoms with Crippen molar-refractivity contribution in [3.8, 4) is 5.75 Å². The van der Waals surface area contributed by atoms with E-state index in [1.54, 1.807) is 6.08 Å². The molecule has 1 aliphatic carbocycles. The molecule has 1 N–H and O–H groups in total. The molecular weight excluding hydrogens is 414 g/mol. The van der Waals surface area contributed by atoms with Crippen molar-refractivity contribution < 1.29 is 19.1 Å². The van der Waals surface area contributed by atoms with Crippen molar-refractivity contribution in [2.24, 2.45) is 5.92 Å². The van der Waals surface area contributed by atoms with Crippen LogP contribution in [-0.4, -0.2) is 30.6 Å². The van der Waals surface area contributed by atoms with Crippen molar-refractivity contribution in [1.82, 2.24) is 5.32 Å². The molecule has 5 nitrogen and oxygen atoms in total. The number of hydrogen-bond donors (Lipinski definition) is 1. The molecule has 1 aromatic carbocycles. The molecule has 1 fully saturated rings. The van der Waals surface area contributed by atoms with Crippen LogP contribution >= 0.6 is 0 Å². The lowest BCUT2D eigenvalue weighted by Gasteiger charge is -2.29. The van der Waals surface area contributed by atoms with Crippen molar-refractivity contribution >= 4 is 18.0 Å². The van der Waals surface area contributed by atoms with Crippen LogP contribution in [0.3, 0.4) is 0 Å². The summed E-state index contributed by atoms with van der Waals surface area (Å²) in [6, 6.07) is 7.98. The molecule has 33 heavy (non-hydrogen) atoms. The van der Waals surface area contributed by atoms with Gasteiger partial charge in [-0.15, -0.1) is 0 Å². The van der Waals surface area contributed by atoms with Crippen LogP contribution in [0.1, 0.15) is 97.0 Å². The lowest BCUT2D eigenvalue weighted by molar-refractivity contribution is -0.144. The van der Waals surface area contributed by atoms with Gasteiger partial charge in [0.1, 0.15) is 11.9 Å². The fourth-order valence-corrected chi connectivity index (χ4v) is 3.97. The predicted molar refractivity (Wildman–Crippen MR) is 134 cm³/mol. The molecule has 184 valence electrons. The van der Waals surface area contributed by atoms with Gasteiger partial charge in [-0.1, -0.05) is 65.0 Å². The van der Waals surface area contributed by atoms with Gasteiger partial charge in [-0.05, 0) is 62.3 Å². The molecule has 1 atom stereocenters. The molecule has 5 heteroatoms. The molecule has 0 aliphatic heterocycles. The summed E-state index contributed by atoms with van der Waals surface area (Å²) in [4.78, 5) is 24.2. The Kier molecular flexibility index (Phi) is 12.7. The summed E-state index contributed by atoms with van der Waals surface area (Å²) in [5.74, 6) is 0.720. The Bertz CT molecular complexity index is 720. The van der Waals surface area contributed by atoms with E-state index in [9.17, 15) is 9.59 Å². The fourth-order valence-electron chi connectivity index (χ4n) is 3.97. The Morgan fingerprint density at radius 3 is 2.33 bits per heavy atom. The zero-order valence-corrected chi connectivity index (χ0v) is 20.8. The first kappa shape index (κ1) is 26.9. The first-order valence-corrected chi connectivity index (χ1v) is 12.9. The zero-order valence-electron chi connectivity index (χ0n) is 20.8. The molecule has 1 aromatic rings. The van der Waals surface area contributed by atoms with Crippen LogP contribution in [0.15, 0.2) is 30.3 Å². The van der Waals surface area contributed by atoms with Gasteiger partial charge in [0.2, 0.25) is 5.91 Å². The Hall–Kier alpha value is -2.30. The molecule has 1 aliphatic rings. The van der Waals surface area contributed by atoms with Crippen molar-refractivity contribution in [3.05, 3.63) is 35.9 Å². The smallest absolute Gasteiger partial charge is 0.331 e. The van der Waals surface area contributed by atoms with Gasteiger partial charge in [-0.3, -0.25) is 4.79 Å². The van der Waals surface area contributed by atoms with Crippen LogP contribution in [0, 0.1) is 5.92 Å². The van der Waals surface area contributed by atoms with Crippen molar-refractivity contribution in [1.29, 1.82) is 0 Å². The summed E-state index contributed by atoms with van der Waals surface area (Å²) in [6.45, 7) is 6.95. The maximum absolute atomic E-state index is 12.2. The van der Waals surface area contributed by atoms with E-state index in [-0.39, 0.29) is 29.9 Å². The number of rotatable bonds is 14. The molecule has 1 amide bonds. The monoisotopic (exact) mass is 457 g/mol. The number of esters is 1. The van der Waals surface area contributed by atoms with Crippen LogP contribution in [0.5, 0.6) is 5.75 Å². The van der Waals surface area contributed by atoms with Crippen molar-refractivity contribution in [2.45, 2.75) is 104 Å². The van der Waals surface area contributed by atoms with Crippen molar-refractivity contribution in [3.63, 3.8) is 0 Å². The summed E-state index contributed by atoms with van der Waals surface area (Å²) >= 11 is 0. The van der Waals surface area contributed by atoms with Gasteiger partial charge in [-0.2, -0.15) is 0 Å². The summed E-state index contributed by atoms with van der Waals surface area (Å²) in [6.07, 6.45) is 14.8. The highest BCUT2D eigenvalue weighted by molar-refractivity contribution is 5.87. The highest BCUT2D eigenvalue weighted by Crippen LogP contribution is 2.22. The average Bonchev–Trinajstić information content (AvgIpc) is 2.83. The van der Waals surface area contributed by atoms with Gasteiger partial charge in [0.25, 0.3) is 0 Å². The molecule has 0 saturated heterocycles. The summed E-state index contributed by atoms with van der Waals surface area (Å²) in [5.41, 5.74) is 0.940. The topological polar surface area (TPSA) is 64.6 Å². The molecule has 2 rings (SSSR count). The van der Waals surface area contributed by atoms with Gasteiger partial charge in [0.05, 0.1) is 6.61 Å². The van der Waals surface area contributed by atoms with Crippen LogP contribution < -0.4 is 10.1 Å². The number of carbonyl (C=O) groups is 2. The lowest BCUT2D eigenvalue weighted by atomic mass is 9.92. The lowest BCUT2D eigenvalue weighted by Crippen LogP contribution is -2.41. The van der Waals surface area contributed by atoms with E-state index in [1.807, 2.05) is 38.1 Å². The predicted octanol–water partition coefficient (Wildman–Crippen LogP) is 6.46. The maximum atomic E-state index is 12.2. The highest BCUT2D eigenvalue weighted by atomic mass is 16.5. The van der Waals surface area contributed by atoms with Gasteiger partial charge < -0.3 is 14.8 Å². The number of amides is 1. The molecule has 0 radical (unpaired) electrons. The average molecular weight is 458 g/mol. The molecule has 1 unspecified atom stereocenters. The summed E-state index contributed by atoms with van der Waals surface area (Å²) < 4.78 is 11.4. The van der Waals surface area contributed by atoms with Crippen LogP contribution in [0.25, 0.3) is 6.08 Å². The third kappa shape index (κ3) is 10.9. The minimum atomic E-state index is -0.314. The SMILES string of the molecule is CCCCCCCCOc1ccc(/C=C/C(=O)O[C@H]2CC[C@H](NC(=O)C(C)CC)CC2)cc1. The fraction of sp³-hybridized carbons (Fsp3) is 0.643. The minimum Gasteiger partial charge on any atom is -0.494 e. The number of nitrogens with one attached hydrogen (secondary N) is 1. The van der Waals surface area contributed by atoms with E-state index in [4.69, 9.17) is 9.47 Å². The highest BCUT2D eigenvalue weighted by Gasteiger charge is 2.25. The quantitative estimate of drug-likeness (QED) is 0.198.